The van der Waals surface area contributed by atoms with Crippen LogP contribution in [0.3, 0.4) is 0 Å². The van der Waals surface area contributed by atoms with Crippen LogP contribution >= 0.6 is 23.2 Å². The predicted molar refractivity (Wildman–Crippen MR) is 85.4 cm³/mol. The molecule has 0 fully saturated rings. The van der Waals surface area contributed by atoms with Gasteiger partial charge in [0.15, 0.2) is 0 Å². The van der Waals surface area contributed by atoms with Crippen molar-refractivity contribution in [3.05, 3.63) is 40.1 Å². The minimum atomic E-state index is 0.235. The zero-order valence-electron chi connectivity index (χ0n) is 11.5. The van der Waals surface area contributed by atoms with Crippen LogP contribution in [0.2, 0.25) is 10.0 Å². The zero-order chi connectivity index (χ0) is 14.7. The Morgan fingerprint density at radius 2 is 1.80 bits per heavy atom. The Kier molecular flexibility index (Phi) is 4.68. The van der Waals surface area contributed by atoms with Gasteiger partial charge in [-0.3, -0.25) is 0 Å². The molecule has 0 bridgehead atoms. The van der Waals surface area contributed by atoms with E-state index in [0.29, 0.717) is 15.9 Å². The van der Waals surface area contributed by atoms with Crippen LogP contribution in [-0.2, 0) is 0 Å². The lowest BCUT2D eigenvalue weighted by atomic mass is 10.2. The lowest BCUT2D eigenvalue weighted by Gasteiger charge is -2.12. The van der Waals surface area contributed by atoms with Crippen molar-refractivity contribution in [1.82, 2.24) is 9.97 Å². The van der Waals surface area contributed by atoms with E-state index in [1.165, 1.54) is 0 Å². The van der Waals surface area contributed by atoms with Crippen LogP contribution in [0.15, 0.2) is 24.3 Å². The average Bonchev–Trinajstić information content (AvgIpc) is 2.43. The van der Waals surface area contributed by atoms with Gasteiger partial charge in [-0.1, -0.05) is 43.1 Å². The first-order chi connectivity index (χ1) is 9.51. The third kappa shape index (κ3) is 3.32. The second-order valence-electron chi connectivity index (χ2n) is 4.63. The van der Waals surface area contributed by atoms with Crippen molar-refractivity contribution in [1.29, 1.82) is 0 Å². The number of hydrogen-bond acceptors (Lipinski definition) is 4. The van der Waals surface area contributed by atoms with E-state index in [2.05, 4.69) is 20.6 Å². The van der Waals surface area contributed by atoms with E-state index in [9.17, 15) is 0 Å². The third-order valence-electron chi connectivity index (χ3n) is 2.73. The lowest BCUT2D eigenvalue weighted by molar-refractivity contribution is 0.778. The molecule has 20 heavy (non-hydrogen) atoms. The molecular weight excluding hydrogens is 295 g/mol. The van der Waals surface area contributed by atoms with E-state index in [4.69, 9.17) is 23.2 Å². The molecule has 1 aromatic heterocycles. The summed E-state index contributed by atoms with van der Waals surface area (Å²) in [5.74, 6) is 2.43. The standard InChI is InChI=1S/C14H16Cl2N4/c1-8(2)14-19-11(17-3)7-12(20-14)18-10-6-4-5-9(15)13(10)16/h4-8H,1-3H3,(H2,17,18,19,20). The second kappa shape index (κ2) is 6.29. The van der Waals surface area contributed by atoms with Gasteiger partial charge in [0, 0.05) is 19.0 Å². The van der Waals surface area contributed by atoms with E-state index in [1.54, 1.807) is 6.07 Å². The van der Waals surface area contributed by atoms with Crippen molar-refractivity contribution in [3.63, 3.8) is 0 Å². The number of hydrogen-bond donors (Lipinski definition) is 2. The molecule has 0 spiro atoms. The van der Waals surface area contributed by atoms with Crippen molar-refractivity contribution < 1.29 is 0 Å². The molecule has 1 heterocycles. The molecule has 0 atom stereocenters. The largest absolute Gasteiger partial charge is 0.373 e. The first kappa shape index (κ1) is 14.9. The SMILES string of the molecule is CNc1cc(Nc2cccc(Cl)c2Cl)nc(C(C)C)n1. The Balaban J connectivity index is 2.37. The van der Waals surface area contributed by atoms with Gasteiger partial charge in [0.1, 0.15) is 17.5 Å². The first-order valence-electron chi connectivity index (χ1n) is 6.29. The average molecular weight is 311 g/mol. The Labute approximate surface area is 128 Å². The molecule has 106 valence electrons. The minimum absolute atomic E-state index is 0.235. The van der Waals surface area contributed by atoms with Gasteiger partial charge in [-0.15, -0.1) is 0 Å². The van der Waals surface area contributed by atoms with Gasteiger partial charge >= 0.3 is 0 Å². The fraction of sp³-hybridized carbons (Fsp3) is 0.286. The van der Waals surface area contributed by atoms with E-state index in [-0.39, 0.29) is 5.92 Å². The van der Waals surface area contributed by atoms with E-state index in [1.807, 2.05) is 39.1 Å². The summed E-state index contributed by atoms with van der Waals surface area (Å²) in [5, 5.41) is 7.18. The molecule has 0 unspecified atom stereocenters. The summed E-state index contributed by atoms with van der Waals surface area (Å²) in [7, 11) is 1.82. The van der Waals surface area contributed by atoms with Crippen molar-refractivity contribution in [2.24, 2.45) is 0 Å². The highest BCUT2D eigenvalue weighted by Crippen LogP contribution is 2.31. The zero-order valence-corrected chi connectivity index (χ0v) is 13.0. The summed E-state index contributed by atoms with van der Waals surface area (Å²) >= 11 is 12.2. The van der Waals surface area contributed by atoms with Crippen LogP contribution < -0.4 is 10.6 Å². The van der Waals surface area contributed by atoms with Gasteiger partial charge in [-0.25, -0.2) is 9.97 Å². The highest BCUT2D eigenvalue weighted by atomic mass is 35.5. The molecule has 6 heteroatoms. The fourth-order valence-corrected chi connectivity index (χ4v) is 2.00. The predicted octanol–water partition coefficient (Wildman–Crippen LogP) is 4.69. The summed E-state index contributed by atoms with van der Waals surface area (Å²) in [4.78, 5) is 8.89. The molecule has 0 amide bonds. The summed E-state index contributed by atoms with van der Waals surface area (Å²) < 4.78 is 0. The van der Waals surface area contributed by atoms with Crippen molar-refractivity contribution in [3.8, 4) is 0 Å². The number of nitrogens with zero attached hydrogens (tertiary/aromatic N) is 2. The van der Waals surface area contributed by atoms with Crippen LogP contribution in [0.25, 0.3) is 0 Å². The summed E-state index contributed by atoms with van der Waals surface area (Å²) in [6.07, 6.45) is 0. The molecule has 0 aliphatic rings. The van der Waals surface area contributed by atoms with Crippen molar-refractivity contribution in [2.75, 3.05) is 17.7 Å². The van der Waals surface area contributed by atoms with Crippen LogP contribution in [0.1, 0.15) is 25.6 Å². The topological polar surface area (TPSA) is 49.8 Å². The lowest BCUT2D eigenvalue weighted by Crippen LogP contribution is -2.05. The Bertz CT molecular complexity index is 614. The van der Waals surface area contributed by atoms with Crippen molar-refractivity contribution >= 4 is 40.5 Å². The summed E-state index contributed by atoms with van der Waals surface area (Å²) in [5.41, 5.74) is 0.717. The fourth-order valence-electron chi connectivity index (χ4n) is 1.65. The van der Waals surface area contributed by atoms with Crippen molar-refractivity contribution in [2.45, 2.75) is 19.8 Å². The number of rotatable bonds is 4. The molecule has 0 radical (unpaired) electrons. The van der Waals surface area contributed by atoms with Crippen LogP contribution in [0.5, 0.6) is 0 Å². The molecule has 2 N–H and O–H groups in total. The Morgan fingerprint density at radius 1 is 1.10 bits per heavy atom. The van der Waals surface area contributed by atoms with Gasteiger partial charge < -0.3 is 10.6 Å². The second-order valence-corrected chi connectivity index (χ2v) is 5.41. The van der Waals surface area contributed by atoms with E-state index < -0.39 is 0 Å². The molecule has 0 aliphatic heterocycles. The normalized spacial score (nSPS) is 10.7. The molecule has 0 aliphatic carbocycles. The summed E-state index contributed by atoms with van der Waals surface area (Å²) in [6.45, 7) is 4.09. The Morgan fingerprint density at radius 3 is 2.45 bits per heavy atom. The van der Waals surface area contributed by atoms with Gasteiger partial charge in [-0.2, -0.15) is 0 Å². The van der Waals surface area contributed by atoms with Crippen LogP contribution in [0.4, 0.5) is 17.3 Å². The van der Waals surface area contributed by atoms with Gasteiger partial charge in [0.05, 0.1) is 15.7 Å². The molecule has 2 aromatic rings. The molecule has 4 nitrogen and oxygen atoms in total. The number of nitrogens with one attached hydrogen (secondary N) is 2. The molecule has 1 aromatic carbocycles. The van der Waals surface area contributed by atoms with E-state index >= 15 is 0 Å². The number of benzene rings is 1. The van der Waals surface area contributed by atoms with Crippen LogP contribution in [0, 0.1) is 0 Å². The smallest absolute Gasteiger partial charge is 0.136 e. The maximum atomic E-state index is 6.17. The molecule has 0 saturated heterocycles. The third-order valence-corrected chi connectivity index (χ3v) is 3.55. The van der Waals surface area contributed by atoms with Gasteiger partial charge in [-0.05, 0) is 12.1 Å². The molecular formula is C14H16Cl2N4. The monoisotopic (exact) mass is 310 g/mol. The summed E-state index contributed by atoms with van der Waals surface area (Å²) in [6, 6.07) is 7.25. The number of aromatic nitrogens is 2. The van der Waals surface area contributed by atoms with E-state index in [0.717, 1.165) is 17.3 Å². The molecule has 0 saturated carbocycles. The Hall–Kier alpha value is -1.52. The minimum Gasteiger partial charge on any atom is -0.373 e. The molecule has 2 rings (SSSR count). The highest BCUT2D eigenvalue weighted by molar-refractivity contribution is 6.43. The van der Waals surface area contributed by atoms with Gasteiger partial charge in [0.25, 0.3) is 0 Å². The quantitative estimate of drug-likeness (QED) is 0.860. The maximum absolute atomic E-state index is 6.17. The maximum Gasteiger partial charge on any atom is 0.136 e. The van der Waals surface area contributed by atoms with Gasteiger partial charge in [0.2, 0.25) is 0 Å². The first-order valence-corrected chi connectivity index (χ1v) is 7.04. The number of halogens is 2. The van der Waals surface area contributed by atoms with Crippen LogP contribution in [-0.4, -0.2) is 17.0 Å². The highest BCUT2D eigenvalue weighted by Gasteiger charge is 2.10. The number of anilines is 3.